The van der Waals surface area contributed by atoms with Crippen molar-refractivity contribution in [3.63, 3.8) is 0 Å². The summed E-state index contributed by atoms with van der Waals surface area (Å²) in [5.74, 6) is -5.69. The first-order valence-electron chi connectivity index (χ1n) is 4.83. The largest absolute Gasteiger partial charge is 0.376 e. The van der Waals surface area contributed by atoms with Gasteiger partial charge < -0.3 is 4.74 Å². The Kier molecular flexibility index (Phi) is 4.29. The molecule has 0 heterocycles. The first-order valence-corrected chi connectivity index (χ1v) is 4.83. The second-order valence-corrected chi connectivity index (χ2v) is 3.86. The Morgan fingerprint density at radius 1 is 1.06 bits per heavy atom. The SMILES string of the molecule is CC(C)COCc1c(F)cc(F)c(F)c1F. The van der Waals surface area contributed by atoms with E-state index in [4.69, 9.17) is 4.74 Å². The van der Waals surface area contributed by atoms with Crippen LogP contribution in [0.2, 0.25) is 0 Å². The minimum atomic E-state index is -1.68. The molecule has 0 atom stereocenters. The highest BCUT2D eigenvalue weighted by Gasteiger charge is 2.18. The van der Waals surface area contributed by atoms with E-state index in [0.29, 0.717) is 6.07 Å². The van der Waals surface area contributed by atoms with Crippen LogP contribution >= 0.6 is 0 Å². The van der Waals surface area contributed by atoms with Crippen molar-refractivity contribution >= 4 is 0 Å². The molecule has 0 unspecified atom stereocenters. The van der Waals surface area contributed by atoms with Gasteiger partial charge in [-0.15, -0.1) is 0 Å². The highest BCUT2D eigenvalue weighted by molar-refractivity contribution is 5.21. The van der Waals surface area contributed by atoms with E-state index >= 15 is 0 Å². The van der Waals surface area contributed by atoms with Crippen molar-refractivity contribution in [3.05, 3.63) is 34.9 Å². The molecule has 0 amide bonds. The average molecular weight is 236 g/mol. The normalized spacial score (nSPS) is 11.2. The molecule has 0 fully saturated rings. The zero-order chi connectivity index (χ0) is 12.3. The Balaban J connectivity index is 2.84. The Hall–Kier alpha value is -1.10. The van der Waals surface area contributed by atoms with E-state index in [1.54, 1.807) is 0 Å². The Labute approximate surface area is 91.0 Å². The summed E-state index contributed by atoms with van der Waals surface area (Å²) in [5, 5.41) is 0. The molecule has 5 heteroatoms. The number of hydrogen-bond acceptors (Lipinski definition) is 1. The van der Waals surface area contributed by atoms with Gasteiger partial charge >= 0.3 is 0 Å². The summed E-state index contributed by atoms with van der Waals surface area (Å²) in [4.78, 5) is 0. The molecule has 0 radical (unpaired) electrons. The lowest BCUT2D eigenvalue weighted by atomic mass is 10.2. The minimum absolute atomic E-state index is 0.191. The van der Waals surface area contributed by atoms with E-state index in [2.05, 4.69) is 0 Å². The molecule has 1 nitrogen and oxygen atoms in total. The van der Waals surface area contributed by atoms with Crippen molar-refractivity contribution in [1.29, 1.82) is 0 Å². The van der Waals surface area contributed by atoms with E-state index in [1.807, 2.05) is 13.8 Å². The molecule has 0 spiro atoms. The fourth-order valence-corrected chi connectivity index (χ4v) is 1.13. The third-order valence-corrected chi connectivity index (χ3v) is 1.91. The van der Waals surface area contributed by atoms with E-state index in [0.717, 1.165) is 0 Å². The molecule has 0 aliphatic heterocycles. The molecule has 1 aromatic carbocycles. The van der Waals surface area contributed by atoms with Crippen LogP contribution in [0.4, 0.5) is 17.6 Å². The van der Waals surface area contributed by atoms with Crippen molar-refractivity contribution in [2.45, 2.75) is 20.5 Å². The highest BCUT2D eigenvalue weighted by atomic mass is 19.2. The third kappa shape index (κ3) is 2.95. The van der Waals surface area contributed by atoms with E-state index in [-0.39, 0.29) is 12.5 Å². The van der Waals surface area contributed by atoms with Crippen LogP contribution in [0.3, 0.4) is 0 Å². The zero-order valence-corrected chi connectivity index (χ0v) is 8.99. The standard InChI is InChI=1S/C11H12F4O/c1-6(2)4-16-5-7-8(12)3-9(13)11(15)10(7)14/h3,6H,4-5H2,1-2H3. The lowest BCUT2D eigenvalue weighted by Crippen LogP contribution is -2.07. The van der Waals surface area contributed by atoms with Crippen LogP contribution in [0, 0.1) is 29.2 Å². The van der Waals surface area contributed by atoms with Crippen LogP contribution in [0.5, 0.6) is 0 Å². The number of benzene rings is 1. The molecule has 0 aliphatic carbocycles. The van der Waals surface area contributed by atoms with Crippen molar-refractivity contribution in [3.8, 4) is 0 Å². The van der Waals surface area contributed by atoms with E-state index in [1.165, 1.54) is 0 Å². The van der Waals surface area contributed by atoms with Gasteiger partial charge in [-0.25, -0.2) is 17.6 Å². The first-order chi connectivity index (χ1) is 7.43. The van der Waals surface area contributed by atoms with Gasteiger partial charge in [0.15, 0.2) is 17.5 Å². The number of halogens is 4. The Bertz CT molecular complexity index is 377. The lowest BCUT2D eigenvalue weighted by molar-refractivity contribution is 0.0921. The molecule has 1 rings (SSSR count). The van der Waals surface area contributed by atoms with Crippen molar-refractivity contribution in [1.82, 2.24) is 0 Å². The van der Waals surface area contributed by atoms with Gasteiger partial charge in [0.25, 0.3) is 0 Å². The predicted molar refractivity (Wildman–Crippen MR) is 50.8 cm³/mol. The van der Waals surface area contributed by atoms with Gasteiger partial charge in [-0.1, -0.05) is 13.8 Å². The van der Waals surface area contributed by atoms with Gasteiger partial charge in [0.1, 0.15) is 5.82 Å². The molecule has 0 saturated carbocycles. The monoisotopic (exact) mass is 236 g/mol. The summed E-state index contributed by atoms with van der Waals surface area (Å²) in [5.41, 5.74) is -0.584. The average Bonchev–Trinajstić information content (AvgIpc) is 2.19. The second-order valence-electron chi connectivity index (χ2n) is 3.86. The van der Waals surface area contributed by atoms with Gasteiger partial charge in [-0.2, -0.15) is 0 Å². The van der Waals surface area contributed by atoms with Crippen LogP contribution in [-0.4, -0.2) is 6.61 Å². The molecule has 0 bridgehead atoms. The second kappa shape index (κ2) is 5.30. The van der Waals surface area contributed by atoms with Gasteiger partial charge in [0.2, 0.25) is 0 Å². The van der Waals surface area contributed by atoms with Gasteiger partial charge in [-0.3, -0.25) is 0 Å². The van der Waals surface area contributed by atoms with E-state index < -0.39 is 35.4 Å². The summed E-state index contributed by atoms with van der Waals surface area (Å²) < 4.78 is 56.5. The van der Waals surface area contributed by atoms with Crippen molar-refractivity contribution in [2.24, 2.45) is 5.92 Å². The fraction of sp³-hybridized carbons (Fsp3) is 0.455. The Morgan fingerprint density at radius 3 is 2.25 bits per heavy atom. The quantitative estimate of drug-likeness (QED) is 0.442. The van der Waals surface area contributed by atoms with Gasteiger partial charge in [0.05, 0.1) is 12.2 Å². The topological polar surface area (TPSA) is 9.23 Å². The summed E-state index contributed by atoms with van der Waals surface area (Å²) in [6.07, 6.45) is 0. The smallest absolute Gasteiger partial charge is 0.194 e. The zero-order valence-electron chi connectivity index (χ0n) is 8.99. The summed E-state index contributed by atoms with van der Waals surface area (Å²) in [6.45, 7) is 3.60. The maximum Gasteiger partial charge on any atom is 0.194 e. The van der Waals surface area contributed by atoms with Crippen molar-refractivity contribution in [2.75, 3.05) is 6.61 Å². The highest BCUT2D eigenvalue weighted by Crippen LogP contribution is 2.19. The van der Waals surface area contributed by atoms with Crippen molar-refractivity contribution < 1.29 is 22.3 Å². The minimum Gasteiger partial charge on any atom is -0.376 e. The number of rotatable bonds is 4. The Morgan fingerprint density at radius 2 is 1.69 bits per heavy atom. The van der Waals surface area contributed by atoms with Crippen LogP contribution in [0.1, 0.15) is 19.4 Å². The summed E-state index contributed by atoms with van der Waals surface area (Å²) in [6, 6.07) is 0.312. The maximum atomic E-state index is 13.1. The molecular weight excluding hydrogens is 224 g/mol. The van der Waals surface area contributed by atoms with E-state index in [9.17, 15) is 17.6 Å². The predicted octanol–water partition coefficient (Wildman–Crippen LogP) is 3.42. The molecule has 0 saturated heterocycles. The third-order valence-electron chi connectivity index (χ3n) is 1.91. The van der Waals surface area contributed by atoms with Crippen LogP contribution in [0.25, 0.3) is 0 Å². The number of hydrogen-bond donors (Lipinski definition) is 0. The molecule has 1 aromatic rings. The van der Waals surface area contributed by atoms with Gasteiger partial charge in [-0.05, 0) is 5.92 Å². The van der Waals surface area contributed by atoms with Crippen LogP contribution < -0.4 is 0 Å². The fourth-order valence-electron chi connectivity index (χ4n) is 1.13. The molecule has 90 valence electrons. The van der Waals surface area contributed by atoms with Crippen LogP contribution in [0.15, 0.2) is 6.07 Å². The lowest BCUT2D eigenvalue weighted by Gasteiger charge is -2.09. The summed E-state index contributed by atoms with van der Waals surface area (Å²) in [7, 11) is 0. The number of ether oxygens (including phenoxy) is 1. The molecule has 0 N–H and O–H groups in total. The molecule has 0 aliphatic rings. The molecule has 16 heavy (non-hydrogen) atoms. The van der Waals surface area contributed by atoms with Crippen LogP contribution in [-0.2, 0) is 11.3 Å². The maximum absolute atomic E-state index is 13.1. The first kappa shape index (κ1) is 13.0. The molecule has 0 aromatic heterocycles. The molecular formula is C11H12F4O. The van der Waals surface area contributed by atoms with Gasteiger partial charge in [0, 0.05) is 12.7 Å². The summed E-state index contributed by atoms with van der Waals surface area (Å²) >= 11 is 0.